The van der Waals surface area contributed by atoms with Crippen LogP contribution in [-0.4, -0.2) is 27.7 Å². The lowest BCUT2D eigenvalue weighted by molar-refractivity contribution is -0.118. The van der Waals surface area contributed by atoms with Crippen molar-refractivity contribution >= 4 is 50.9 Å². The first-order valence-corrected chi connectivity index (χ1v) is 8.53. The third kappa shape index (κ3) is 5.14. The average Bonchev–Trinajstić information content (AvgIpc) is 2.93. The molecule has 8 heteroatoms. The lowest BCUT2D eigenvalue weighted by Gasteiger charge is -2.03. The van der Waals surface area contributed by atoms with Crippen molar-refractivity contribution in [3.05, 3.63) is 44.8 Å². The molecule has 0 unspecified atom stereocenters. The molecule has 0 aliphatic carbocycles. The first-order chi connectivity index (χ1) is 10.0. The molecule has 2 aromatic rings. The van der Waals surface area contributed by atoms with Crippen LogP contribution in [0.5, 0.6) is 0 Å². The molecule has 1 aromatic heterocycles. The summed E-state index contributed by atoms with van der Waals surface area (Å²) in [5, 5.41) is 13.5. The minimum Gasteiger partial charge on any atom is -0.476 e. The van der Waals surface area contributed by atoms with Gasteiger partial charge < -0.3 is 10.4 Å². The predicted molar refractivity (Wildman–Crippen MR) is 85.8 cm³/mol. The van der Waals surface area contributed by atoms with E-state index in [1.54, 1.807) is 0 Å². The number of benzene rings is 1. The highest BCUT2D eigenvalue weighted by atomic mass is 79.9. The van der Waals surface area contributed by atoms with Crippen LogP contribution in [0.3, 0.4) is 0 Å². The van der Waals surface area contributed by atoms with Crippen LogP contribution in [0.4, 0.5) is 0 Å². The largest absolute Gasteiger partial charge is 0.476 e. The normalized spacial score (nSPS) is 10.3. The Morgan fingerprint density at radius 1 is 1.33 bits per heavy atom. The predicted octanol–water partition coefficient (Wildman–Crippen LogP) is 3.01. The molecule has 2 rings (SSSR count). The summed E-state index contributed by atoms with van der Waals surface area (Å²) in [6.07, 6.45) is 0. The van der Waals surface area contributed by atoms with Gasteiger partial charge in [-0.1, -0.05) is 15.9 Å². The molecule has 0 aliphatic rings. The Hall–Kier alpha value is -1.38. The second-order valence-corrected chi connectivity index (χ2v) is 6.86. The van der Waals surface area contributed by atoms with Gasteiger partial charge in [0.1, 0.15) is 5.01 Å². The Kier molecular flexibility index (Phi) is 5.77. The maximum absolute atomic E-state index is 11.7. The number of halogens is 1. The SMILES string of the molecule is O=C(CSc1ccc(Br)cc1)NCc1nc(C(=O)O)cs1. The van der Waals surface area contributed by atoms with E-state index in [9.17, 15) is 9.59 Å². The molecule has 0 bridgehead atoms. The van der Waals surface area contributed by atoms with Crippen LogP contribution in [0.1, 0.15) is 15.5 Å². The minimum absolute atomic E-state index is 0.00786. The van der Waals surface area contributed by atoms with Crippen LogP contribution in [0, 0.1) is 0 Å². The average molecular weight is 387 g/mol. The van der Waals surface area contributed by atoms with E-state index in [-0.39, 0.29) is 18.1 Å². The fraction of sp³-hybridized carbons (Fsp3) is 0.154. The van der Waals surface area contributed by atoms with Gasteiger partial charge in [0.2, 0.25) is 5.91 Å². The molecule has 1 aromatic carbocycles. The van der Waals surface area contributed by atoms with Gasteiger partial charge in [0.15, 0.2) is 5.69 Å². The number of hydrogen-bond acceptors (Lipinski definition) is 5. The molecule has 0 saturated carbocycles. The van der Waals surface area contributed by atoms with E-state index in [0.717, 1.165) is 9.37 Å². The number of hydrogen-bond donors (Lipinski definition) is 2. The van der Waals surface area contributed by atoms with Crippen molar-refractivity contribution in [3.63, 3.8) is 0 Å². The molecular weight excluding hydrogens is 376 g/mol. The zero-order valence-corrected chi connectivity index (χ0v) is 13.9. The fourth-order valence-corrected chi connectivity index (χ4v) is 3.10. The zero-order chi connectivity index (χ0) is 15.2. The number of carboxylic acid groups (broad SMARTS) is 1. The number of amides is 1. The smallest absolute Gasteiger partial charge is 0.355 e. The molecular formula is C13H11BrN2O3S2. The number of thioether (sulfide) groups is 1. The lowest BCUT2D eigenvalue weighted by atomic mass is 10.4. The summed E-state index contributed by atoms with van der Waals surface area (Å²) in [5.74, 6) is -0.872. The summed E-state index contributed by atoms with van der Waals surface area (Å²) >= 11 is 6.01. The Balaban J connectivity index is 1.76. The van der Waals surface area contributed by atoms with Gasteiger partial charge in [-0.3, -0.25) is 4.79 Å². The second kappa shape index (κ2) is 7.58. The lowest BCUT2D eigenvalue weighted by Crippen LogP contribution is -2.24. The molecule has 0 saturated heterocycles. The van der Waals surface area contributed by atoms with Crippen molar-refractivity contribution in [1.29, 1.82) is 0 Å². The standard InChI is InChI=1S/C13H11BrN2O3S2/c14-8-1-3-9(4-2-8)20-7-11(17)15-5-12-16-10(6-21-12)13(18)19/h1-4,6H,5,7H2,(H,15,17)(H,18,19). The number of aromatic nitrogens is 1. The van der Waals surface area contributed by atoms with Gasteiger partial charge in [0, 0.05) is 14.7 Å². The summed E-state index contributed by atoms with van der Waals surface area (Å²) < 4.78 is 0.995. The van der Waals surface area contributed by atoms with E-state index in [4.69, 9.17) is 5.11 Å². The topological polar surface area (TPSA) is 79.3 Å². The van der Waals surface area contributed by atoms with E-state index in [1.807, 2.05) is 24.3 Å². The number of aromatic carboxylic acids is 1. The highest BCUT2D eigenvalue weighted by molar-refractivity contribution is 9.10. The molecule has 21 heavy (non-hydrogen) atoms. The molecule has 110 valence electrons. The van der Waals surface area contributed by atoms with Crippen LogP contribution in [0.25, 0.3) is 0 Å². The molecule has 0 spiro atoms. The van der Waals surface area contributed by atoms with Crippen molar-refractivity contribution in [1.82, 2.24) is 10.3 Å². The van der Waals surface area contributed by atoms with Gasteiger partial charge >= 0.3 is 5.97 Å². The Morgan fingerprint density at radius 3 is 2.67 bits per heavy atom. The van der Waals surface area contributed by atoms with E-state index in [0.29, 0.717) is 10.8 Å². The maximum Gasteiger partial charge on any atom is 0.355 e. The van der Waals surface area contributed by atoms with Gasteiger partial charge in [0.25, 0.3) is 0 Å². The van der Waals surface area contributed by atoms with Gasteiger partial charge in [-0.25, -0.2) is 9.78 Å². The zero-order valence-electron chi connectivity index (χ0n) is 10.7. The monoisotopic (exact) mass is 386 g/mol. The van der Waals surface area contributed by atoms with Gasteiger partial charge in [-0.05, 0) is 24.3 Å². The van der Waals surface area contributed by atoms with Gasteiger partial charge in [-0.2, -0.15) is 0 Å². The molecule has 0 radical (unpaired) electrons. The van der Waals surface area contributed by atoms with Crippen molar-refractivity contribution in [2.24, 2.45) is 0 Å². The number of thiazole rings is 1. The summed E-state index contributed by atoms with van der Waals surface area (Å²) in [5.41, 5.74) is 0.00786. The van der Waals surface area contributed by atoms with E-state index >= 15 is 0 Å². The van der Waals surface area contributed by atoms with Crippen molar-refractivity contribution < 1.29 is 14.7 Å². The Labute approximate surface area is 137 Å². The highest BCUT2D eigenvalue weighted by Gasteiger charge is 2.09. The number of rotatable bonds is 6. The van der Waals surface area contributed by atoms with Gasteiger partial charge in [0.05, 0.1) is 12.3 Å². The number of nitrogens with zero attached hydrogens (tertiary/aromatic N) is 1. The third-order valence-corrected chi connectivity index (χ3v) is 4.78. The first kappa shape index (κ1) is 16.0. The summed E-state index contributed by atoms with van der Waals surface area (Å²) in [4.78, 5) is 27.3. The second-order valence-electron chi connectivity index (χ2n) is 3.95. The van der Waals surface area contributed by atoms with Crippen LogP contribution < -0.4 is 5.32 Å². The Bertz CT molecular complexity index is 643. The van der Waals surface area contributed by atoms with Crippen molar-refractivity contribution in [3.8, 4) is 0 Å². The van der Waals surface area contributed by atoms with Crippen LogP contribution in [-0.2, 0) is 11.3 Å². The van der Waals surface area contributed by atoms with Crippen molar-refractivity contribution in [2.75, 3.05) is 5.75 Å². The number of nitrogens with one attached hydrogen (secondary N) is 1. The summed E-state index contributed by atoms with van der Waals surface area (Å²) in [7, 11) is 0. The minimum atomic E-state index is -1.06. The fourth-order valence-electron chi connectivity index (χ4n) is 1.40. The molecule has 1 heterocycles. The third-order valence-electron chi connectivity index (χ3n) is 2.39. The van der Waals surface area contributed by atoms with Crippen molar-refractivity contribution in [2.45, 2.75) is 11.4 Å². The molecule has 0 atom stereocenters. The molecule has 1 amide bonds. The van der Waals surface area contributed by atoms with Crippen LogP contribution >= 0.6 is 39.0 Å². The number of carbonyl (C=O) groups is 2. The van der Waals surface area contributed by atoms with Crippen LogP contribution in [0.15, 0.2) is 39.0 Å². The van der Waals surface area contributed by atoms with E-state index in [1.165, 1.54) is 28.5 Å². The molecule has 5 nitrogen and oxygen atoms in total. The summed E-state index contributed by atoms with van der Waals surface area (Å²) in [6.45, 7) is 0.248. The van der Waals surface area contributed by atoms with E-state index < -0.39 is 5.97 Å². The molecule has 0 aliphatic heterocycles. The van der Waals surface area contributed by atoms with E-state index in [2.05, 4.69) is 26.2 Å². The first-order valence-electron chi connectivity index (χ1n) is 5.87. The number of carboxylic acids is 1. The highest BCUT2D eigenvalue weighted by Crippen LogP contribution is 2.20. The Morgan fingerprint density at radius 2 is 2.05 bits per heavy atom. The number of carbonyl (C=O) groups excluding carboxylic acids is 1. The maximum atomic E-state index is 11.7. The van der Waals surface area contributed by atoms with Crippen LogP contribution in [0.2, 0.25) is 0 Å². The summed E-state index contributed by atoms with van der Waals surface area (Å²) in [6, 6.07) is 7.70. The quantitative estimate of drug-likeness (QED) is 0.745. The molecule has 2 N–H and O–H groups in total. The molecule has 0 fully saturated rings. The van der Waals surface area contributed by atoms with Gasteiger partial charge in [-0.15, -0.1) is 23.1 Å².